The van der Waals surface area contributed by atoms with Crippen LogP contribution in [0.25, 0.3) is 0 Å². The number of halogens is 3. The van der Waals surface area contributed by atoms with E-state index >= 15 is 0 Å². The van der Waals surface area contributed by atoms with Crippen molar-refractivity contribution in [2.45, 2.75) is 25.4 Å². The van der Waals surface area contributed by atoms with E-state index in [0.29, 0.717) is 36.4 Å². The number of nitrogens with zero attached hydrogens (tertiary/aromatic N) is 3. The Morgan fingerprint density at radius 2 is 1.48 bits per heavy atom. The highest BCUT2D eigenvalue weighted by Crippen LogP contribution is 2.39. The minimum absolute atomic E-state index is 0.0448. The number of alkyl halides is 3. The molecular weight excluding hydrogens is 549 g/mol. The zero-order valence-electron chi connectivity index (χ0n) is 22.7. The summed E-state index contributed by atoms with van der Waals surface area (Å²) in [6, 6.07) is 18.5. The van der Waals surface area contributed by atoms with E-state index in [1.54, 1.807) is 48.5 Å². The molecule has 1 saturated heterocycles. The van der Waals surface area contributed by atoms with Gasteiger partial charge >= 0.3 is 12.2 Å². The maximum absolute atomic E-state index is 13.8. The Kier molecular flexibility index (Phi) is 8.60. The third-order valence-electron chi connectivity index (χ3n) is 6.57. The van der Waals surface area contributed by atoms with E-state index in [-0.39, 0.29) is 11.4 Å². The molecular formula is C30H29F3N6O3. The lowest BCUT2D eigenvalue weighted by molar-refractivity contribution is -0.137. The summed E-state index contributed by atoms with van der Waals surface area (Å²) in [4.78, 5) is 22.8. The van der Waals surface area contributed by atoms with Crippen molar-refractivity contribution >= 4 is 34.7 Å². The average Bonchev–Trinajstić information content (AvgIpc) is 2.99. The normalized spacial score (nSPS) is 13.3. The molecule has 5 rings (SSSR count). The fourth-order valence-corrected chi connectivity index (χ4v) is 4.53. The van der Waals surface area contributed by atoms with Crippen molar-refractivity contribution in [2.75, 3.05) is 41.0 Å². The number of methoxy groups -OCH3 is 1. The fraction of sp³-hybridized carbons (Fsp3) is 0.233. The van der Waals surface area contributed by atoms with Crippen molar-refractivity contribution in [3.8, 4) is 17.4 Å². The van der Waals surface area contributed by atoms with Crippen molar-refractivity contribution < 1.29 is 27.4 Å². The summed E-state index contributed by atoms with van der Waals surface area (Å²) in [5.74, 6) is 1.82. The quantitative estimate of drug-likeness (QED) is 0.197. The lowest BCUT2D eigenvalue weighted by Gasteiger charge is -2.31. The van der Waals surface area contributed by atoms with Crippen LogP contribution in [0.3, 0.4) is 0 Å². The van der Waals surface area contributed by atoms with Gasteiger partial charge in [0.1, 0.15) is 11.5 Å². The van der Waals surface area contributed by atoms with E-state index in [1.807, 2.05) is 24.3 Å². The lowest BCUT2D eigenvalue weighted by atomic mass is 10.1. The summed E-state index contributed by atoms with van der Waals surface area (Å²) in [6.45, 7) is 1.16. The molecule has 0 spiro atoms. The van der Waals surface area contributed by atoms with Gasteiger partial charge < -0.3 is 30.3 Å². The van der Waals surface area contributed by atoms with Crippen LogP contribution in [0.4, 0.5) is 46.7 Å². The lowest BCUT2D eigenvalue weighted by Crippen LogP contribution is -2.31. The molecule has 0 atom stereocenters. The first-order chi connectivity index (χ1) is 20.3. The second-order valence-electron chi connectivity index (χ2n) is 9.55. The summed E-state index contributed by atoms with van der Waals surface area (Å²) in [5.41, 5.74) is 0.606. The monoisotopic (exact) mass is 578 g/mol. The molecule has 0 aliphatic carbocycles. The van der Waals surface area contributed by atoms with Gasteiger partial charge in [0.2, 0.25) is 11.8 Å². The third kappa shape index (κ3) is 7.39. The number of nitrogens with one attached hydrogen (secondary N) is 3. The Morgan fingerprint density at radius 1 is 0.833 bits per heavy atom. The zero-order valence-corrected chi connectivity index (χ0v) is 22.7. The molecule has 42 heavy (non-hydrogen) atoms. The van der Waals surface area contributed by atoms with E-state index in [1.165, 1.54) is 12.1 Å². The molecule has 1 aromatic heterocycles. The van der Waals surface area contributed by atoms with Crippen molar-refractivity contribution in [1.29, 1.82) is 0 Å². The molecule has 9 nitrogen and oxygen atoms in total. The first-order valence-electron chi connectivity index (χ1n) is 13.3. The van der Waals surface area contributed by atoms with Crippen LogP contribution in [-0.4, -0.2) is 36.2 Å². The molecule has 4 aromatic rings. The van der Waals surface area contributed by atoms with Crippen LogP contribution in [-0.2, 0) is 6.18 Å². The standard InChI is InChI=1S/C30H29F3N6O3/c1-41-23-10-5-20(6-11-23)35-28-34-16-15-27(38-28)42-24-12-7-21(8-13-24)36-29(40)37-22-9-14-26(25(19-22)30(31,32)33)39-17-3-2-4-18-39/h5-16,19H,2-4,17-18H2,1H3,(H,34,35,38)(H2,36,37,40). The maximum atomic E-state index is 13.8. The molecule has 2 heterocycles. The molecule has 1 fully saturated rings. The van der Waals surface area contributed by atoms with Gasteiger partial charge in [-0.2, -0.15) is 18.2 Å². The topological polar surface area (TPSA) is 101 Å². The number of piperidine rings is 1. The first-order valence-corrected chi connectivity index (χ1v) is 13.3. The molecule has 3 N–H and O–H groups in total. The van der Waals surface area contributed by atoms with E-state index < -0.39 is 17.8 Å². The highest BCUT2D eigenvalue weighted by molar-refractivity contribution is 6.00. The average molecular weight is 579 g/mol. The van der Waals surface area contributed by atoms with Crippen LogP contribution in [0.5, 0.6) is 17.4 Å². The molecule has 0 saturated carbocycles. The Bertz CT molecular complexity index is 1510. The predicted molar refractivity (Wildman–Crippen MR) is 155 cm³/mol. The number of rotatable bonds is 8. The molecule has 218 valence electrons. The number of urea groups is 1. The Labute approximate surface area is 240 Å². The van der Waals surface area contributed by atoms with Gasteiger partial charge in [0, 0.05) is 48.1 Å². The smallest absolute Gasteiger partial charge is 0.418 e. The number of amides is 2. The van der Waals surface area contributed by atoms with Crippen molar-refractivity contribution in [3.05, 3.63) is 84.6 Å². The molecule has 3 aromatic carbocycles. The number of anilines is 5. The number of ether oxygens (including phenoxy) is 2. The number of hydrogen-bond donors (Lipinski definition) is 3. The fourth-order valence-electron chi connectivity index (χ4n) is 4.53. The van der Waals surface area contributed by atoms with Gasteiger partial charge in [0.15, 0.2) is 0 Å². The molecule has 1 aliphatic heterocycles. The maximum Gasteiger partial charge on any atom is 0.418 e. The van der Waals surface area contributed by atoms with Crippen molar-refractivity contribution in [2.24, 2.45) is 0 Å². The summed E-state index contributed by atoms with van der Waals surface area (Å²) in [6.07, 6.45) is -0.281. The van der Waals surface area contributed by atoms with Gasteiger partial charge in [-0.3, -0.25) is 0 Å². The minimum atomic E-state index is -4.55. The Morgan fingerprint density at radius 3 is 2.17 bits per heavy atom. The molecule has 0 unspecified atom stereocenters. The molecule has 12 heteroatoms. The Balaban J connectivity index is 1.19. The molecule has 0 radical (unpaired) electrons. The summed E-state index contributed by atoms with van der Waals surface area (Å²) < 4.78 is 52.4. The van der Waals surface area contributed by atoms with Gasteiger partial charge in [0.25, 0.3) is 0 Å². The van der Waals surface area contributed by atoms with E-state index in [9.17, 15) is 18.0 Å². The summed E-state index contributed by atoms with van der Waals surface area (Å²) in [5, 5.41) is 8.20. The van der Waals surface area contributed by atoms with E-state index in [2.05, 4.69) is 25.9 Å². The van der Waals surface area contributed by atoms with Crippen LogP contribution in [0.2, 0.25) is 0 Å². The molecule has 0 bridgehead atoms. The summed E-state index contributed by atoms with van der Waals surface area (Å²) in [7, 11) is 1.59. The van der Waals surface area contributed by atoms with Gasteiger partial charge in [0.05, 0.1) is 12.7 Å². The largest absolute Gasteiger partial charge is 0.497 e. The van der Waals surface area contributed by atoms with Crippen LogP contribution in [0, 0.1) is 0 Å². The number of carbonyl (C=O) groups is 1. The molecule has 2 amide bonds. The number of hydrogen-bond acceptors (Lipinski definition) is 7. The van der Waals surface area contributed by atoms with E-state index in [0.717, 1.165) is 36.8 Å². The Hall–Kier alpha value is -5.00. The highest BCUT2D eigenvalue weighted by Gasteiger charge is 2.35. The second kappa shape index (κ2) is 12.7. The third-order valence-corrected chi connectivity index (χ3v) is 6.57. The van der Waals surface area contributed by atoms with Crippen molar-refractivity contribution in [3.63, 3.8) is 0 Å². The van der Waals surface area contributed by atoms with Gasteiger partial charge in [-0.05, 0) is 86.0 Å². The van der Waals surface area contributed by atoms with Gasteiger partial charge in [-0.1, -0.05) is 0 Å². The van der Waals surface area contributed by atoms with Gasteiger partial charge in [-0.25, -0.2) is 9.78 Å². The minimum Gasteiger partial charge on any atom is -0.497 e. The second-order valence-corrected chi connectivity index (χ2v) is 9.55. The van der Waals surface area contributed by atoms with Crippen LogP contribution < -0.4 is 30.3 Å². The highest BCUT2D eigenvalue weighted by atomic mass is 19.4. The SMILES string of the molecule is COc1ccc(Nc2nccc(Oc3ccc(NC(=O)Nc4ccc(N5CCCCC5)c(C(F)(F)F)c4)cc3)n2)cc1. The number of aromatic nitrogens is 2. The van der Waals surface area contributed by atoms with Crippen LogP contribution >= 0.6 is 0 Å². The first kappa shape index (κ1) is 28.5. The predicted octanol–water partition coefficient (Wildman–Crippen LogP) is 7.67. The van der Waals surface area contributed by atoms with Gasteiger partial charge in [-0.15, -0.1) is 0 Å². The zero-order chi connectivity index (χ0) is 29.5. The number of benzene rings is 3. The van der Waals surface area contributed by atoms with Crippen LogP contribution in [0.15, 0.2) is 79.0 Å². The summed E-state index contributed by atoms with van der Waals surface area (Å²) >= 11 is 0. The van der Waals surface area contributed by atoms with Crippen molar-refractivity contribution in [1.82, 2.24) is 9.97 Å². The molecule has 1 aliphatic rings. The van der Waals surface area contributed by atoms with Crippen LogP contribution in [0.1, 0.15) is 24.8 Å². The number of carbonyl (C=O) groups excluding carboxylic acids is 1. The van der Waals surface area contributed by atoms with E-state index in [4.69, 9.17) is 9.47 Å².